The number of hydrogen-bond donors (Lipinski definition) is 1. The fraction of sp³-hybridized carbons (Fsp3) is 0.333. The van der Waals surface area contributed by atoms with Crippen LogP contribution in [0.15, 0.2) is 53.5 Å². The third-order valence-electron chi connectivity index (χ3n) is 3.66. The van der Waals surface area contributed by atoms with Gasteiger partial charge in [0, 0.05) is 19.4 Å². The summed E-state index contributed by atoms with van der Waals surface area (Å²) < 4.78 is 21.1. The molecule has 1 aromatic rings. The molecule has 1 fully saturated rings. The minimum atomic E-state index is -1.13. The summed E-state index contributed by atoms with van der Waals surface area (Å²) in [5.74, 6) is -2.79. The van der Waals surface area contributed by atoms with Gasteiger partial charge in [-0.1, -0.05) is 30.3 Å². The van der Waals surface area contributed by atoms with E-state index >= 15 is 0 Å². The van der Waals surface area contributed by atoms with Crippen molar-refractivity contribution in [2.75, 3.05) is 6.61 Å². The van der Waals surface area contributed by atoms with E-state index in [1.54, 1.807) is 50.3 Å². The standard InChI is InChI=1S/C18H18O7/c1-18(2)22-9-8-12(25-18)10-13(19)14-15(20)23-17(24-16(14)21)11-6-4-3-5-7-11/h3-8,17,19H,9-10H2,1-2H3. The molecule has 2 aliphatic heterocycles. The fourth-order valence-electron chi connectivity index (χ4n) is 2.49. The van der Waals surface area contributed by atoms with Gasteiger partial charge in [0.25, 0.3) is 6.29 Å². The number of cyclic esters (lactones) is 2. The fourth-order valence-corrected chi connectivity index (χ4v) is 2.49. The van der Waals surface area contributed by atoms with E-state index in [2.05, 4.69) is 0 Å². The summed E-state index contributed by atoms with van der Waals surface area (Å²) in [7, 11) is 0. The molecule has 1 saturated heterocycles. The molecule has 0 aliphatic carbocycles. The van der Waals surface area contributed by atoms with E-state index in [-0.39, 0.29) is 6.42 Å². The van der Waals surface area contributed by atoms with Crippen LogP contribution in [0.25, 0.3) is 0 Å². The Morgan fingerprint density at radius 1 is 1.16 bits per heavy atom. The van der Waals surface area contributed by atoms with Gasteiger partial charge in [0.2, 0.25) is 5.79 Å². The molecule has 0 spiro atoms. The molecule has 132 valence electrons. The summed E-state index contributed by atoms with van der Waals surface area (Å²) in [5, 5.41) is 10.2. The molecule has 1 N–H and O–H groups in total. The van der Waals surface area contributed by atoms with Gasteiger partial charge in [-0.15, -0.1) is 0 Å². The van der Waals surface area contributed by atoms with Crippen LogP contribution >= 0.6 is 0 Å². The highest BCUT2D eigenvalue weighted by atomic mass is 16.7. The van der Waals surface area contributed by atoms with Gasteiger partial charge in [0.1, 0.15) is 11.5 Å². The Morgan fingerprint density at radius 2 is 1.80 bits per heavy atom. The highest BCUT2D eigenvalue weighted by Crippen LogP contribution is 2.30. The minimum Gasteiger partial charge on any atom is -0.511 e. The lowest BCUT2D eigenvalue weighted by atomic mass is 10.1. The molecule has 7 heteroatoms. The van der Waals surface area contributed by atoms with E-state index in [0.717, 1.165) is 0 Å². The SMILES string of the molecule is CC1(C)OCC=C(CC(O)=C2C(=O)OC(c3ccccc3)OC2=O)O1. The van der Waals surface area contributed by atoms with Crippen molar-refractivity contribution < 1.29 is 33.6 Å². The number of benzene rings is 1. The molecule has 0 radical (unpaired) electrons. The van der Waals surface area contributed by atoms with Gasteiger partial charge < -0.3 is 24.1 Å². The number of aliphatic hydroxyl groups excluding tert-OH is 1. The third-order valence-corrected chi connectivity index (χ3v) is 3.66. The zero-order valence-corrected chi connectivity index (χ0v) is 13.9. The monoisotopic (exact) mass is 346 g/mol. The first-order valence-corrected chi connectivity index (χ1v) is 7.77. The van der Waals surface area contributed by atoms with Crippen LogP contribution in [0.1, 0.15) is 32.1 Å². The van der Waals surface area contributed by atoms with Crippen LogP contribution in [0.5, 0.6) is 0 Å². The van der Waals surface area contributed by atoms with Crippen molar-refractivity contribution in [3.63, 3.8) is 0 Å². The van der Waals surface area contributed by atoms with E-state index in [9.17, 15) is 14.7 Å². The zero-order chi connectivity index (χ0) is 18.0. The Bertz CT molecular complexity index is 726. The number of hydrogen-bond acceptors (Lipinski definition) is 7. The third kappa shape index (κ3) is 3.83. The average molecular weight is 346 g/mol. The quantitative estimate of drug-likeness (QED) is 0.389. The van der Waals surface area contributed by atoms with Gasteiger partial charge in [-0.2, -0.15) is 0 Å². The highest BCUT2D eigenvalue weighted by molar-refractivity contribution is 6.15. The molecule has 2 heterocycles. The Hall–Kier alpha value is -2.80. The van der Waals surface area contributed by atoms with E-state index in [1.807, 2.05) is 0 Å². The number of ether oxygens (including phenoxy) is 4. The second-order valence-electron chi connectivity index (χ2n) is 6.04. The van der Waals surface area contributed by atoms with Gasteiger partial charge in [-0.3, -0.25) is 0 Å². The maximum Gasteiger partial charge on any atom is 0.352 e. The molecule has 0 aromatic heterocycles. The molecule has 1 aromatic carbocycles. The lowest BCUT2D eigenvalue weighted by molar-refractivity contribution is -0.198. The van der Waals surface area contributed by atoms with Crippen LogP contribution < -0.4 is 0 Å². The summed E-state index contributed by atoms with van der Waals surface area (Å²) >= 11 is 0. The maximum atomic E-state index is 12.2. The molecule has 2 aliphatic rings. The molecule has 0 atom stereocenters. The maximum absolute atomic E-state index is 12.2. The topological polar surface area (TPSA) is 91.3 Å². The van der Waals surface area contributed by atoms with Crippen molar-refractivity contribution in [2.45, 2.75) is 32.3 Å². The van der Waals surface area contributed by atoms with Gasteiger partial charge in [-0.25, -0.2) is 9.59 Å². The number of rotatable bonds is 3. The Labute approximate surface area is 144 Å². The molecule has 0 unspecified atom stereocenters. The molecule has 0 amide bonds. The summed E-state index contributed by atoms with van der Waals surface area (Å²) in [4.78, 5) is 24.3. The lowest BCUT2D eigenvalue weighted by Crippen LogP contribution is -2.33. The Morgan fingerprint density at radius 3 is 2.40 bits per heavy atom. The summed E-state index contributed by atoms with van der Waals surface area (Å²) in [5.41, 5.74) is 0.000870. The highest BCUT2D eigenvalue weighted by Gasteiger charge is 2.38. The molecule has 7 nitrogen and oxygen atoms in total. The smallest absolute Gasteiger partial charge is 0.352 e. The second-order valence-corrected chi connectivity index (χ2v) is 6.04. The first-order valence-electron chi connectivity index (χ1n) is 7.77. The molecule has 0 bridgehead atoms. The number of aliphatic hydroxyl groups is 1. The molecular weight excluding hydrogens is 328 g/mol. The molecule has 0 saturated carbocycles. The number of esters is 2. The van der Waals surface area contributed by atoms with Crippen LogP contribution in [0.2, 0.25) is 0 Å². The molecule has 25 heavy (non-hydrogen) atoms. The minimum absolute atomic E-state index is 0.137. The number of carbonyl (C=O) groups excluding carboxylic acids is 2. The van der Waals surface area contributed by atoms with Gasteiger partial charge in [0.05, 0.1) is 13.0 Å². The van der Waals surface area contributed by atoms with Crippen LogP contribution in [0.4, 0.5) is 0 Å². The van der Waals surface area contributed by atoms with Crippen LogP contribution in [-0.2, 0) is 28.5 Å². The molecule has 3 rings (SSSR count). The zero-order valence-electron chi connectivity index (χ0n) is 13.9. The summed E-state index contributed by atoms with van der Waals surface area (Å²) in [6.07, 6.45) is 0.353. The first kappa shape index (κ1) is 17.0. The van der Waals surface area contributed by atoms with Crippen molar-refractivity contribution in [3.05, 3.63) is 59.1 Å². The van der Waals surface area contributed by atoms with Crippen molar-refractivity contribution in [2.24, 2.45) is 0 Å². The summed E-state index contributed by atoms with van der Waals surface area (Å²) in [6, 6.07) is 8.59. The predicted octanol–water partition coefficient (Wildman–Crippen LogP) is 2.65. The van der Waals surface area contributed by atoms with Crippen LogP contribution in [0.3, 0.4) is 0 Å². The van der Waals surface area contributed by atoms with Gasteiger partial charge in [0.15, 0.2) is 5.57 Å². The van der Waals surface area contributed by atoms with Crippen LogP contribution in [-0.4, -0.2) is 29.4 Å². The van der Waals surface area contributed by atoms with E-state index in [1.165, 1.54) is 0 Å². The van der Waals surface area contributed by atoms with E-state index < -0.39 is 35.3 Å². The predicted molar refractivity (Wildman–Crippen MR) is 84.8 cm³/mol. The normalized spacial score (nSPS) is 22.4. The van der Waals surface area contributed by atoms with Crippen molar-refractivity contribution in [1.29, 1.82) is 0 Å². The van der Waals surface area contributed by atoms with Crippen molar-refractivity contribution in [3.8, 4) is 0 Å². The Balaban J connectivity index is 1.76. The average Bonchev–Trinajstić information content (AvgIpc) is 2.54. The van der Waals surface area contributed by atoms with Crippen molar-refractivity contribution >= 4 is 11.9 Å². The van der Waals surface area contributed by atoms with Crippen molar-refractivity contribution in [1.82, 2.24) is 0 Å². The largest absolute Gasteiger partial charge is 0.511 e. The van der Waals surface area contributed by atoms with Crippen LogP contribution in [0, 0.1) is 0 Å². The van der Waals surface area contributed by atoms with Gasteiger partial charge >= 0.3 is 11.9 Å². The van der Waals surface area contributed by atoms with Gasteiger partial charge in [-0.05, 0) is 6.08 Å². The lowest BCUT2D eigenvalue weighted by Gasteiger charge is -2.31. The summed E-state index contributed by atoms with van der Waals surface area (Å²) in [6.45, 7) is 3.74. The molecular formula is C18H18O7. The first-order chi connectivity index (χ1) is 11.9. The number of carbonyl (C=O) groups is 2. The van der Waals surface area contributed by atoms with E-state index in [0.29, 0.717) is 17.9 Å². The Kier molecular flexibility index (Phi) is 4.50. The van der Waals surface area contributed by atoms with E-state index in [4.69, 9.17) is 18.9 Å². The second kappa shape index (κ2) is 6.60.